The van der Waals surface area contributed by atoms with E-state index in [2.05, 4.69) is 5.32 Å². The van der Waals surface area contributed by atoms with Crippen LogP contribution in [0.4, 0.5) is 8.78 Å². The Morgan fingerprint density at radius 2 is 2.00 bits per heavy atom. The predicted molar refractivity (Wildman–Crippen MR) is 113 cm³/mol. The number of ether oxygens (including phenoxy) is 1. The molecular formula is C22H22Cl2F2N2O3. The van der Waals surface area contributed by atoms with E-state index >= 15 is 8.78 Å². The lowest BCUT2D eigenvalue weighted by atomic mass is 9.67. The summed E-state index contributed by atoms with van der Waals surface area (Å²) in [6.07, 6.45) is 0.411. The van der Waals surface area contributed by atoms with Gasteiger partial charge in [-0.3, -0.25) is 10.1 Å². The number of nitrogens with one attached hydrogen (secondary N) is 1. The minimum atomic E-state index is -1.60. The zero-order chi connectivity index (χ0) is 22.6. The molecule has 0 radical (unpaired) electrons. The molecular weight excluding hydrogens is 449 g/mol. The molecule has 2 aromatic rings. The highest BCUT2D eigenvalue weighted by Gasteiger charge is 2.59. The fraction of sp³-hybridized carbons (Fsp3) is 0.409. The summed E-state index contributed by atoms with van der Waals surface area (Å²) in [7, 11) is 0. The van der Waals surface area contributed by atoms with Gasteiger partial charge in [-0.1, -0.05) is 48.3 Å². The van der Waals surface area contributed by atoms with Crippen LogP contribution in [-0.2, 0) is 15.1 Å². The molecule has 4 N–H and O–H groups in total. The molecule has 2 fully saturated rings. The van der Waals surface area contributed by atoms with E-state index in [0.29, 0.717) is 19.6 Å². The zero-order valence-corrected chi connectivity index (χ0v) is 18.2. The summed E-state index contributed by atoms with van der Waals surface area (Å²) in [5.74, 6) is -3.81. The van der Waals surface area contributed by atoms with Crippen molar-refractivity contribution in [3.05, 3.63) is 69.2 Å². The smallest absolute Gasteiger partial charge is 0.321 e. The Kier molecular flexibility index (Phi) is 5.77. The second-order valence-electron chi connectivity index (χ2n) is 8.72. The molecule has 4 rings (SSSR count). The van der Waals surface area contributed by atoms with E-state index in [9.17, 15) is 9.90 Å². The topological polar surface area (TPSA) is 84.6 Å². The molecule has 0 aliphatic carbocycles. The largest absolute Gasteiger partial charge is 0.480 e. The Morgan fingerprint density at radius 3 is 2.58 bits per heavy atom. The minimum absolute atomic E-state index is 0.0155. The van der Waals surface area contributed by atoms with Gasteiger partial charge < -0.3 is 15.6 Å². The highest BCUT2D eigenvalue weighted by Crippen LogP contribution is 2.50. The Labute approximate surface area is 188 Å². The molecule has 0 aromatic heterocycles. The van der Waals surface area contributed by atoms with Crippen LogP contribution in [-0.4, -0.2) is 36.4 Å². The van der Waals surface area contributed by atoms with E-state index in [-0.39, 0.29) is 26.6 Å². The summed E-state index contributed by atoms with van der Waals surface area (Å²) in [5, 5.41) is 13.0. The molecule has 4 atom stereocenters. The van der Waals surface area contributed by atoms with Gasteiger partial charge in [-0.25, -0.2) is 8.78 Å². The highest BCUT2D eigenvalue weighted by atomic mass is 35.5. The van der Waals surface area contributed by atoms with E-state index in [1.54, 1.807) is 0 Å². The first-order chi connectivity index (χ1) is 14.6. The summed E-state index contributed by atoms with van der Waals surface area (Å²) < 4.78 is 35.6. The van der Waals surface area contributed by atoms with Gasteiger partial charge in [-0.2, -0.15) is 0 Å². The average Bonchev–Trinajstić information content (AvgIpc) is 2.96. The highest BCUT2D eigenvalue weighted by molar-refractivity contribution is 6.31. The molecule has 0 spiro atoms. The molecule has 2 aromatic carbocycles. The Balaban J connectivity index is 1.93. The fourth-order valence-electron chi connectivity index (χ4n) is 4.84. The van der Waals surface area contributed by atoms with Crippen LogP contribution in [0.25, 0.3) is 0 Å². The molecule has 2 saturated heterocycles. The SMILES string of the molecule is CC1(C[C@@H]2N[C@@H](C(=O)O)[C@H](c3cccc(Cl)c3F)[C@@]2(N)c2ccc(Cl)cc2F)COC1. The van der Waals surface area contributed by atoms with Gasteiger partial charge in [-0.05, 0) is 30.2 Å². The van der Waals surface area contributed by atoms with Gasteiger partial charge >= 0.3 is 5.97 Å². The molecule has 0 amide bonds. The molecule has 0 bridgehead atoms. The minimum Gasteiger partial charge on any atom is -0.480 e. The van der Waals surface area contributed by atoms with Gasteiger partial charge in [0.15, 0.2) is 0 Å². The zero-order valence-electron chi connectivity index (χ0n) is 16.7. The van der Waals surface area contributed by atoms with Crippen molar-refractivity contribution in [1.29, 1.82) is 0 Å². The number of hydrogen-bond acceptors (Lipinski definition) is 4. The van der Waals surface area contributed by atoms with Crippen LogP contribution < -0.4 is 11.1 Å². The second-order valence-corrected chi connectivity index (χ2v) is 9.56. The number of nitrogens with two attached hydrogens (primary N) is 1. The monoisotopic (exact) mass is 470 g/mol. The predicted octanol–water partition coefficient (Wildman–Crippen LogP) is 4.06. The fourth-order valence-corrected chi connectivity index (χ4v) is 5.18. The van der Waals surface area contributed by atoms with Crippen molar-refractivity contribution in [2.24, 2.45) is 11.1 Å². The van der Waals surface area contributed by atoms with Crippen LogP contribution in [0.1, 0.15) is 30.4 Å². The molecule has 31 heavy (non-hydrogen) atoms. The van der Waals surface area contributed by atoms with E-state index in [4.69, 9.17) is 33.7 Å². The summed E-state index contributed by atoms with van der Waals surface area (Å²) >= 11 is 11.9. The lowest BCUT2D eigenvalue weighted by Gasteiger charge is -2.44. The summed E-state index contributed by atoms with van der Waals surface area (Å²) in [6, 6.07) is 6.43. The van der Waals surface area contributed by atoms with Crippen molar-refractivity contribution in [3.63, 3.8) is 0 Å². The number of benzene rings is 2. The number of aliphatic carboxylic acids is 1. The Morgan fingerprint density at radius 1 is 1.29 bits per heavy atom. The summed E-state index contributed by atoms with van der Waals surface area (Å²) in [6.45, 7) is 2.93. The number of halogens is 4. The number of hydrogen-bond donors (Lipinski definition) is 3. The van der Waals surface area contributed by atoms with Gasteiger partial charge in [0.2, 0.25) is 0 Å². The maximum atomic E-state index is 15.2. The molecule has 5 nitrogen and oxygen atoms in total. The van der Waals surface area contributed by atoms with Gasteiger partial charge in [0, 0.05) is 28.0 Å². The second kappa shape index (κ2) is 7.98. The van der Waals surface area contributed by atoms with Crippen LogP contribution in [0, 0.1) is 17.0 Å². The Bertz CT molecular complexity index is 1030. The van der Waals surface area contributed by atoms with Gasteiger partial charge in [0.25, 0.3) is 0 Å². The lowest BCUT2D eigenvalue weighted by molar-refractivity contribution is -0.139. The van der Waals surface area contributed by atoms with Crippen LogP contribution in [0.5, 0.6) is 0 Å². The molecule has 166 valence electrons. The number of carbonyl (C=O) groups is 1. The molecule has 2 aliphatic heterocycles. The van der Waals surface area contributed by atoms with Gasteiger partial charge in [0.05, 0.1) is 23.8 Å². The van der Waals surface area contributed by atoms with Gasteiger partial charge in [0.1, 0.15) is 17.7 Å². The quantitative estimate of drug-likeness (QED) is 0.613. The maximum absolute atomic E-state index is 15.2. The Hall–Kier alpha value is -1.77. The van der Waals surface area contributed by atoms with Crippen molar-refractivity contribution in [2.75, 3.05) is 13.2 Å². The number of carboxylic acid groups (broad SMARTS) is 1. The molecule has 0 saturated carbocycles. The lowest BCUT2D eigenvalue weighted by Crippen LogP contribution is -2.55. The molecule has 9 heteroatoms. The molecule has 2 heterocycles. The first kappa shape index (κ1) is 22.4. The number of carboxylic acids is 1. The maximum Gasteiger partial charge on any atom is 0.321 e. The average molecular weight is 471 g/mol. The van der Waals surface area contributed by atoms with E-state index in [1.807, 2.05) is 6.92 Å². The van der Waals surface area contributed by atoms with Crippen molar-refractivity contribution in [2.45, 2.75) is 36.9 Å². The van der Waals surface area contributed by atoms with Crippen molar-refractivity contribution in [3.8, 4) is 0 Å². The summed E-state index contributed by atoms with van der Waals surface area (Å²) in [4.78, 5) is 12.2. The number of rotatable bonds is 5. The van der Waals surface area contributed by atoms with Crippen molar-refractivity contribution < 1.29 is 23.4 Å². The van der Waals surface area contributed by atoms with Crippen LogP contribution >= 0.6 is 23.2 Å². The normalized spacial score (nSPS) is 29.5. The van der Waals surface area contributed by atoms with Crippen LogP contribution in [0.15, 0.2) is 36.4 Å². The first-order valence-corrected chi connectivity index (χ1v) is 10.6. The molecule has 0 unspecified atom stereocenters. The van der Waals surface area contributed by atoms with E-state index in [1.165, 1.54) is 30.3 Å². The van der Waals surface area contributed by atoms with Crippen molar-refractivity contribution in [1.82, 2.24) is 5.32 Å². The standard InChI is InChI=1S/C22H22Cl2F2N2O3/c1-21(9-31-10-21)8-16-22(27,13-6-5-11(23)7-15(13)25)17(19(28-16)20(29)30)12-3-2-4-14(24)18(12)26/h2-7,16-17,19,28H,8-10,27H2,1H3,(H,29,30)/t16-,17-,19+,22+/m0/s1. The third-order valence-electron chi connectivity index (χ3n) is 6.38. The third kappa shape index (κ3) is 3.72. The third-order valence-corrected chi connectivity index (χ3v) is 6.91. The van der Waals surface area contributed by atoms with Crippen LogP contribution in [0.2, 0.25) is 10.0 Å². The van der Waals surface area contributed by atoms with Gasteiger partial charge in [-0.15, -0.1) is 0 Å². The van der Waals surface area contributed by atoms with Crippen molar-refractivity contribution >= 4 is 29.2 Å². The molecule has 2 aliphatic rings. The van der Waals surface area contributed by atoms with E-state index in [0.717, 1.165) is 6.07 Å². The first-order valence-electron chi connectivity index (χ1n) is 9.82. The summed E-state index contributed by atoms with van der Waals surface area (Å²) in [5.41, 5.74) is 5.14. The van der Waals surface area contributed by atoms with E-state index < -0.39 is 41.1 Å². The van der Waals surface area contributed by atoms with Crippen LogP contribution in [0.3, 0.4) is 0 Å².